The van der Waals surface area contributed by atoms with E-state index in [0.29, 0.717) is 5.56 Å². The number of methoxy groups -OCH3 is 1. The van der Waals surface area contributed by atoms with Crippen molar-refractivity contribution in [1.29, 1.82) is 5.26 Å². The lowest BCUT2D eigenvalue weighted by Gasteiger charge is -2.55. The van der Waals surface area contributed by atoms with Gasteiger partial charge < -0.3 is 18.9 Å². The summed E-state index contributed by atoms with van der Waals surface area (Å²) in [5.41, 5.74) is -0.728. The highest BCUT2D eigenvalue weighted by molar-refractivity contribution is 7.80. The zero-order valence-electron chi connectivity index (χ0n) is 21.3. The van der Waals surface area contributed by atoms with E-state index in [4.69, 9.17) is 54.8 Å². The summed E-state index contributed by atoms with van der Waals surface area (Å²) < 4.78 is 40.7. The Morgan fingerprint density at radius 3 is 2.71 bits per heavy atom. The van der Waals surface area contributed by atoms with E-state index in [9.17, 15) is 9.65 Å². The van der Waals surface area contributed by atoms with E-state index in [0.717, 1.165) is 5.56 Å². The maximum atomic E-state index is 14.3. The van der Waals surface area contributed by atoms with Crippen molar-refractivity contribution >= 4 is 35.8 Å². The third kappa shape index (κ3) is 4.77. The van der Waals surface area contributed by atoms with Crippen molar-refractivity contribution in [2.45, 2.75) is 35.6 Å². The van der Waals surface area contributed by atoms with Gasteiger partial charge in [0.25, 0.3) is 0 Å². The molecule has 2 saturated heterocycles. The third-order valence-corrected chi connectivity index (χ3v) is 8.00. The Morgan fingerprint density at radius 1 is 1.17 bits per heavy atom. The van der Waals surface area contributed by atoms with Crippen LogP contribution in [0.3, 0.4) is 0 Å². The zero-order chi connectivity index (χ0) is 28.7. The molecule has 2 aliphatic heterocycles. The third-order valence-electron chi connectivity index (χ3n) is 7.12. The predicted octanol–water partition coefficient (Wildman–Crippen LogP) is 4.58. The second-order valence-corrected chi connectivity index (χ2v) is 10.7. The maximum absolute atomic E-state index is 14.3. The number of aromatic nitrogens is 5. The number of benzene rings is 1. The van der Waals surface area contributed by atoms with Crippen molar-refractivity contribution in [2.24, 2.45) is 0 Å². The molecule has 0 bridgehead atoms. The molecule has 2 unspecified atom stereocenters. The van der Waals surface area contributed by atoms with Crippen molar-refractivity contribution in [3.8, 4) is 17.5 Å². The predicted molar refractivity (Wildman–Crippen MR) is 148 cm³/mol. The molecule has 6 atom stereocenters. The van der Waals surface area contributed by atoms with Gasteiger partial charge in [0.05, 0.1) is 28.5 Å². The Morgan fingerprint density at radius 2 is 1.98 bits per heavy atom. The zero-order valence-corrected chi connectivity index (χ0v) is 23.7. The average Bonchev–Trinajstić information content (AvgIpc) is 3.49. The number of hydrogen-bond donors (Lipinski definition) is 1. The number of nitrogens with zero attached hydrogens (tertiary/aromatic N) is 6. The standard InChI is InChI=1S/C27H21Cl2FN6O4S/c1-37-23-26(41)39-21-13-38-25(14-5-3-2-4-6-14)40-22(21)27(23,16-9-15(28)11-32-19(16)10-31)36-12-20(34-35-36)18-8-7-17(29)24(30)33-18/h2-9,11-12,21-23,25-26,41H,13H2,1H3/t21-,22+,23+,25?,26-,27?/m1/s1. The van der Waals surface area contributed by atoms with Gasteiger partial charge in [0.15, 0.2) is 11.8 Å². The fourth-order valence-electron chi connectivity index (χ4n) is 5.38. The minimum Gasteiger partial charge on any atom is -0.375 e. The van der Waals surface area contributed by atoms with Crippen molar-refractivity contribution in [3.63, 3.8) is 0 Å². The molecule has 1 aromatic carbocycles. The SMILES string of the molecule is CO[C@H]1[C@@H](S)O[C@@H]2COC(c3ccccc3)O[C@@H]2C1(c1cc(Cl)cnc1C#N)n1cc(-c2ccc(Cl)c(F)n2)nn1. The number of nitriles is 1. The Balaban J connectivity index is 1.60. The molecule has 3 aromatic heterocycles. The van der Waals surface area contributed by atoms with E-state index in [1.165, 1.54) is 30.1 Å². The van der Waals surface area contributed by atoms with Gasteiger partial charge >= 0.3 is 0 Å². The molecule has 0 spiro atoms. The number of halogens is 3. The fourth-order valence-corrected chi connectivity index (χ4v) is 6.15. The summed E-state index contributed by atoms with van der Waals surface area (Å²) in [6.07, 6.45) is -0.345. The minimum absolute atomic E-state index is 0.0525. The van der Waals surface area contributed by atoms with Gasteiger partial charge in [-0.2, -0.15) is 9.65 Å². The highest BCUT2D eigenvalue weighted by Crippen LogP contribution is 2.49. The van der Waals surface area contributed by atoms with Crippen LogP contribution in [0.1, 0.15) is 23.1 Å². The van der Waals surface area contributed by atoms with Crippen LogP contribution in [-0.4, -0.2) is 62.4 Å². The Kier molecular flexibility index (Phi) is 7.69. The van der Waals surface area contributed by atoms with Crippen LogP contribution in [0.25, 0.3) is 11.4 Å². The largest absolute Gasteiger partial charge is 0.375 e. The molecule has 0 saturated carbocycles. The molecule has 2 aliphatic rings. The second-order valence-electron chi connectivity index (χ2n) is 9.36. The molecule has 0 N–H and O–H groups in total. The molecule has 0 amide bonds. The van der Waals surface area contributed by atoms with Gasteiger partial charge in [-0.3, -0.25) is 0 Å². The smallest absolute Gasteiger partial charge is 0.232 e. The Hall–Kier alpha value is -3.15. The van der Waals surface area contributed by atoms with Crippen LogP contribution >= 0.6 is 35.8 Å². The molecule has 0 radical (unpaired) electrons. The molecule has 14 heteroatoms. The van der Waals surface area contributed by atoms with Gasteiger partial charge in [-0.25, -0.2) is 14.6 Å². The van der Waals surface area contributed by atoms with Crippen molar-refractivity contribution < 1.29 is 23.3 Å². The van der Waals surface area contributed by atoms with E-state index in [2.05, 4.69) is 26.3 Å². The Labute approximate surface area is 249 Å². The van der Waals surface area contributed by atoms with E-state index in [-0.39, 0.29) is 33.7 Å². The maximum Gasteiger partial charge on any atom is 0.232 e. The highest BCUT2D eigenvalue weighted by atomic mass is 35.5. The summed E-state index contributed by atoms with van der Waals surface area (Å²) >= 11 is 17.0. The Bertz CT molecular complexity index is 1630. The summed E-state index contributed by atoms with van der Waals surface area (Å²) in [5, 5.41) is 19.0. The minimum atomic E-state index is -1.47. The molecule has 0 aliphatic carbocycles. The molecule has 41 heavy (non-hydrogen) atoms. The quantitative estimate of drug-likeness (QED) is 0.254. The van der Waals surface area contributed by atoms with Crippen molar-refractivity contribution in [3.05, 3.63) is 93.7 Å². The van der Waals surface area contributed by atoms with E-state index >= 15 is 0 Å². The van der Waals surface area contributed by atoms with Crippen LogP contribution in [-0.2, 0) is 24.5 Å². The van der Waals surface area contributed by atoms with Crippen LogP contribution in [0.4, 0.5) is 4.39 Å². The molecule has 4 aromatic rings. The lowest BCUT2D eigenvalue weighted by atomic mass is 9.74. The van der Waals surface area contributed by atoms with E-state index in [1.807, 2.05) is 30.3 Å². The number of ether oxygens (including phenoxy) is 4. The monoisotopic (exact) mass is 614 g/mol. The normalized spacial score (nSPS) is 27.7. The molecular weight excluding hydrogens is 594 g/mol. The first kappa shape index (κ1) is 28.0. The lowest BCUT2D eigenvalue weighted by molar-refractivity contribution is -0.323. The van der Waals surface area contributed by atoms with E-state index < -0.39 is 41.5 Å². The fraction of sp³-hybridized carbons (Fsp3) is 0.296. The van der Waals surface area contributed by atoms with Crippen molar-refractivity contribution in [2.75, 3.05) is 13.7 Å². The topological polar surface area (TPSA) is 117 Å². The van der Waals surface area contributed by atoms with Crippen LogP contribution in [0, 0.1) is 17.3 Å². The average molecular weight is 615 g/mol. The van der Waals surface area contributed by atoms with Crippen molar-refractivity contribution in [1.82, 2.24) is 25.0 Å². The molecular formula is C27H21Cl2FN6O4S. The molecule has 210 valence electrons. The summed E-state index contributed by atoms with van der Waals surface area (Å²) in [7, 11) is 1.48. The van der Waals surface area contributed by atoms with Crippen LogP contribution in [0.15, 0.2) is 60.9 Å². The molecule has 2 fully saturated rings. The number of thiol groups is 1. The molecule has 6 rings (SSSR count). The lowest BCUT2D eigenvalue weighted by Crippen LogP contribution is -2.70. The van der Waals surface area contributed by atoms with Gasteiger partial charge in [-0.05, 0) is 18.2 Å². The number of fused-ring (bicyclic) bond motifs is 1. The highest BCUT2D eigenvalue weighted by Gasteiger charge is 2.63. The number of rotatable bonds is 5. The molecule has 10 nitrogen and oxygen atoms in total. The first-order chi connectivity index (χ1) is 19.9. The first-order valence-electron chi connectivity index (χ1n) is 12.4. The number of pyridine rings is 2. The molecule has 5 heterocycles. The van der Waals surface area contributed by atoms with Crippen LogP contribution < -0.4 is 0 Å². The second kappa shape index (κ2) is 11.3. The van der Waals surface area contributed by atoms with Gasteiger partial charge in [0.2, 0.25) is 5.95 Å². The van der Waals surface area contributed by atoms with Gasteiger partial charge in [0, 0.05) is 24.4 Å². The van der Waals surface area contributed by atoms with Gasteiger partial charge in [-0.15, -0.1) is 17.7 Å². The summed E-state index contributed by atoms with van der Waals surface area (Å²) in [6, 6.07) is 16.0. The van der Waals surface area contributed by atoms with Crippen LogP contribution in [0.5, 0.6) is 0 Å². The van der Waals surface area contributed by atoms with Gasteiger partial charge in [-0.1, -0.05) is 58.7 Å². The summed E-state index contributed by atoms with van der Waals surface area (Å²) in [6.45, 7) is 0.126. The summed E-state index contributed by atoms with van der Waals surface area (Å²) in [4.78, 5) is 8.21. The number of hydrogen-bond acceptors (Lipinski definition) is 10. The van der Waals surface area contributed by atoms with Gasteiger partial charge in [0.1, 0.15) is 41.2 Å². The van der Waals surface area contributed by atoms with Crippen LogP contribution in [0.2, 0.25) is 10.0 Å². The summed E-state index contributed by atoms with van der Waals surface area (Å²) in [5.74, 6) is -0.853. The first-order valence-corrected chi connectivity index (χ1v) is 13.6. The van der Waals surface area contributed by atoms with E-state index in [1.54, 1.807) is 12.3 Å².